The summed E-state index contributed by atoms with van der Waals surface area (Å²) in [5.41, 5.74) is 0.107. The van der Waals surface area contributed by atoms with Crippen molar-refractivity contribution in [1.29, 1.82) is 0 Å². The van der Waals surface area contributed by atoms with Crippen LogP contribution in [0.1, 0.15) is 46.5 Å². The molecule has 0 radical (unpaired) electrons. The Balaban J connectivity index is 0.00000144. The summed E-state index contributed by atoms with van der Waals surface area (Å²) in [5, 5.41) is 3.61. The third-order valence-electron chi connectivity index (χ3n) is 3.56. The fourth-order valence-electron chi connectivity index (χ4n) is 2.74. The summed E-state index contributed by atoms with van der Waals surface area (Å²) in [6, 6.07) is 1.22. The molecular formula is C13H25ClN2O. The third-order valence-corrected chi connectivity index (χ3v) is 3.56. The zero-order chi connectivity index (χ0) is 11.8. The molecule has 2 saturated heterocycles. The van der Waals surface area contributed by atoms with Gasteiger partial charge in [-0.25, -0.2) is 0 Å². The van der Waals surface area contributed by atoms with Crippen LogP contribution in [0.5, 0.6) is 0 Å². The maximum atomic E-state index is 12.1. The van der Waals surface area contributed by atoms with Crippen molar-refractivity contribution >= 4 is 18.3 Å². The van der Waals surface area contributed by atoms with Gasteiger partial charge >= 0.3 is 0 Å². The van der Waals surface area contributed by atoms with Crippen molar-refractivity contribution in [2.45, 2.75) is 58.5 Å². The van der Waals surface area contributed by atoms with E-state index in [2.05, 4.69) is 31.0 Å². The molecule has 2 aliphatic rings. The van der Waals surface area contributed by atoms with Crippen molar-refractivity contribution in [3.63, 3.8) is 0 Å². The van der Waals surface area contributed by atoms with E-state index in [1.165, 1.54) is 12.8 Å². The highest BCUT2D eigenvalue weighted by Gasteiger charge is 2.31. The molecular weight excluding hydrogens is 236 g/mol. The summed E-state index contributed by atoms with van der Waals surface area (Å²) in [4.78, 5) is 14.2. The minimum atomic E-state index is 0. The Morgan fingerprint density at radius 2 is 1.88 bits per heavy atom. The maximum Gasteiger partial charge on any atom is 0.223 e. The lowest BCUT2D eigenvalue weighted by molar-refractivity contribution is -0.133. The highest BCUT2D eigenvalue weighted by Crippen LogP contribution is 2.24. The Labute approximate surface area is 111 Å². The quantitative estimate of drug-likeness (QED) is 0.784. The van der Waals surface area contributed by atoms with Gasteiger partial charge in [-0.1, -0.05) is 20.8 Å². The fraction of sp³-hybridized carbons (Fsp3) is 0.923. The average Bonchev–Trinajstić information content (AvgIpc) is 2.42. The second-order valence-corrected chi connectivity index (χ2v) is 6.50. The number of likely N-dealkylation sites (tertiary alicyclic amines) is 1. The Bertz CT molecular complexity index is 275. The van der Waals surface area contributed by atoms with Crippen molar-refractivity contribution in [3.05, 3.63) is 0 Å². The van der Waals surface area contributed by atoms with Crippen molar-refractivity contribution in [1.82, 2.24) is 10.2 Å². The topological polar surface area (TPSA) is 32.3 Å². The number of carbonyl (C=O) groups is 1. The van der Waals surface area contributed by atoms with Crippen LogP contribution in [0, 0.1) is 5.41 Å². The van der Waals surface area contributed by atoms with Crippen molar-refractivity contribution < 1.29 is 4.79 Å². The van der Waals surface area contributed by atoms with E-state index in [-0.39, 0.29) is 17.8 Å². The molecule has 0 aromatic carbocycles. The average molecular weight is 261 g/mol. The first-order chi connectivity index (χ1) is 7.44. The first-order valence-electron chi connectivity index (χ1n) is 6.48. The largest absolute Gasteiger partial charge is 0.341 e. The molecule has 2 heterocycles. The number of hydrogen-bond donors (Lipinski definition) is 1. The Morgan fingerprint density at radius 3 is 2.53 bits per heavy atom. The molecule has 4 heteroatoms. The number of nitrogens with zero attached hydrogens (tertiary/aromatic N) is 1. The molecule has 100 valence electrons. The number of halogens is 1. The number of hydrogen-bond acceptors (Lipinski definition) is 2. The van der Waals surface area contributed by atoms with Crippen LogP contribution in [0.15, 0.2) is 0 Å². The molecule has 0 spiro atoms. The van der Waals surface area contributed by atoms with E-state index in [1.54, 1.807) is 0 Å². The van der Waals surface area contributed by atoms with E-state index in [9.17, 15) is 4.79 Å². The van der Waals surface area contributed by atoms with Crippen LogP contribution in [0.2, 0.25) is 0 Å². The van der Waals surface area contributed by atoms with Gasteiger partial charge in [0, 0.05) is 31.6 Å². The SMILES string of the molecule is CC(C)(C)CC(=O)N1CCC2CCC(C1)N2.Cl. The van der Waals surface area contributed by atoms with E-state index >= 15 is 0 Å². The van der Waals surface area contributed by atoms with Crippen LogP contribution in [0.3, 0.4) is 0 Å². The highest BCUT2D eigenvalue weighted by atomic mass is 35.5. The minimum Gasteiger partial charge on any atom is -0.341 e. The van der Waals surface area contributed by atoms with E-state index in [0.29, 0.717) is 24.4 Å². The van der Waals surface area contributed by atoms with Gasteiger partial charge in [-0.15, -0.1) is 12.4 Å². The summed E-state index contributed by atoms with van der Waals surface area (Å²) < 4.78 is 0. The van der Waals surface area contributed by atoms with Crippen LogP contribution in [-0.4, -0.2) is 36.0 Å². The molecule has 17 heavy (non-hydrogen) atoms. The summed E-state index contributed by atoms with van der Waals surface area (Å²) in [6.45, 7) is 8.27. The van der Waals surface area contributed by atoms with Gasteiger partial charge in [0.1, 0.15) is 0 Å². The smallest absolute Gasteiger partial charge is 0.223 e. The Hall–Kier alpha value is -0.280. The van der Waals surface area contributed by atoms with E-state index < -0.39 is 0 Å². The van der Waals surface area contributed by atoms with Crippen LogP contribution in [0.4, 0.5) is 0 Å². The van der Waals surface area contributed by atoms with Gasteiger partial charge in [-0.05, 0) is 24.7 Å². The lowest BCUT2D eigenvalue weighted by Crippen LogP contribution is -2.40. The van der Waals surface area contributed by atoms with E-state index in [0.717, 1.165) is 19.5 Å². The van der Waals surface area contributed by atoms with Gasteiger partial charge < -0.3 is 10.2 Å². The summed E-state index contributed by atoms with van der Waals surface area (Å²) in [6.07, 6.45) is 4.34. The molecule has 2 unspecified atom stereocenters. The van der Waals surface area contributed by atoms with Crippen molar-refractivity contribution in [3.8, 4) is 0 Å². The summed E-state index contributed by atoms with van der Waals surface area (Å²) in [7, 11) is 0. The number of carbonyl (C=O) groups excluding carboxylic acids is 1. The molecule has 3 nitrogen and oxygen atoms in total. The number of rotatable bonds is 1. The normalized spacial score (nSPS) is 28.5. The number of nitrogens with one attached hydrogen (secondary N) is 1. The monoisotopic (exact) mass is 260 g/mol. The predicted molar refractivity (Wildman–Crippen MR) is 72.5 cm³/mol. The fourth-order valence-corrected chi connectivity index (χ4v) is 2.74. The van der Waals surface area contributed by atoms with Crippen LogP contribution >= 0.6 is 12.4 Å². The van der Waals surface area contributed by atoms with Gasteiger partial charge in [0.2, 0.25) is 5.91 Å². The van der Waals surface area contributed by atoms with E-state index in [1.807, 2.05) is 0 Å². The van der Waals surface area contributed by atoms with Crippen LogP contribution in [-0.2, 0) is 4.79 Å². The van der Waals surface area contributed by atoms with E-state index in [4.69, 9.17) is 0 Å². The third kappa shape index (κ3) is 4.14. The first-order valence-corrected chi connectivity index (χ1v) is 6.48. The Morgan fingerprint density at radius 1 is 1.24 bits per heavy atom. The zero-order valence-electron chi connectivity index (χ0n) is 11.2. The molecule has 1 N–H and O–H groups in total. The maximum absolute atomic E-state index is 12.1. The summed E-state index contributed by atoms with van der Waals surface area (Å²) in [5.74, 6) is 0.335. The molecule has 2 atom stereocenters. The van der Waals surface area contributed by atoms with Crippen LogP contribution in [0.25, 0.3) is 0 Å². The highest BCUT2D eigenvalue weighted by molar-refractivity contribution is 5.85. The molecule has 2 fully saturated rings. The molecule has 0 aromatic heterocycles. The van der Waals surface area contributed by atoms with Gasteiger partial charge in [-0.2, -0.15) is 0 Å². The molecule has 2 bridgehead atoms. The van der Waals surface area contributed by atoms with Gasteiger partial charge in [0.15, 0.2) is 0 Å². The van der Waals surface area contributed by atoms with Gasteiger partial charge in [-0.3, -0.25) is 4.79 Å². The van der Waals surface area contributed by atoms with Gasteiger partial charge in [0.05, 0.1) is 0 Å². The standard InChI is InChI=1S/C13H24N2O.ClH/c1-13(2,3)8-12(16)15-7-6-10-4-5-11(9-15)14-10;/h10-11,14H,4-9H2,1-3H3;1H. The molecule has 0 aromatic rings. The molecule has 2 aliphatic heterocycles. The molecule has 0 saturated carbocycles. The van der Waals surface area contributed by atoms with Crippen molar-refractivity contribution in [2.24, 2.45) is 5.41 Å². The molecule has 2 rings (SSSR count). The second-order valence-electron chi connectivity index (χ2n) is 6.50. The molecule has 0 aliphatic carbocycles. The lowest BCUT2D eigenvalue weighted by Gasteiger charge is -2.27. The predicted octanol–water partition coefficient (Wildman–Crippen LogP) is 2.20. The van der Waals surface area contributed by atoms with Crippen molar-refractivity contribution in [2.75, 3.05) is 13.1 Å². The number of fused-ring (bicyclic) bond motifs is 2. The van der Waals surface area contributed by atoms with Gasteiger partial charge in [0.25, 0.3) is 0 Å². The van der Waals surface area contributed by atoms with Crippen LogP contribution < -0.4 is 5.32 Å². The second kappa shape index (κ2) is 5.57. The minimum absolute atomic E-state index is 0. The summed E-state index contributed by atoms with van der Waals surface area (Å²) >= 11 is 0. The number of amides is 1. The zero-order valence-corrected chi connectivity index (χ0v) is 12.0. The lowest BCUT2D eigenvalue weighted by atomic mass is 9.91. The first kappa shape index (κ1) is 14.8. The molecule has 1 amide bonds. The Kier molecular flexibility index (Phi) is 4.85.